The lowest BCUT2D eigenvalue weighted by atomic mass is 10.0. The molecule has 38 heavy (non-hydrogen) atoms. The van der Waals surface area contributed by atoms with E-state index in [1.54, 1.807) is 10.9 Å². The van der Waals surface area contributed by atoms with Crippen LogP contribution in [0.25, 0.3) is 20.7 Å². The fourth-order valence-electron chi connectivity index (χ4n) is 6.40. The number of amides is 2. The molecular weight excluding hydrogens is 498 g/mol. The van der Waals surface area contributed by atoms with Crippen molar-refractivity contribution in [2.75, 3.05) is 46.4 Å². The standard InChI is InChI=1S/C29H37N5O3S/c1-19-4-5-24(20(2)14-19)26-15-25-27(38-26)28(35)34(18-30-25)23-7-11-33(17-23)29(36)31(3)22-6-10-32(16-22)21-8-12-37-13-9-21/h4-5,14-15,18,21-23H,6-13,16-17H2,1-3H3/t22-,23-/m0/s1. The van der Waals surface area contributed by atoms with Crippen molar-refractivity contribution in [3.05, 3.63) is 52.1 Å². The molecule has 3 aliphatic heterocycles. The summed E-state index contributed by atoms with van der Waals surface area (Å²) in [5.41, 5.74) is 4.30. The van der Waals surface area contributed by atoms with Crippen LogP contribution in [0.1, 0.15) is 42.9 Å². The molecule has 3 aromatic rings. The largest absolute Gasteiger partial charge is 0.381 e. The van der Waals surface area contributed by atoms with Gasteiger partial charge in [0.25, 0.3) is 5.56 Å². The van der Waals surface area contributed by atoms with E-state index in [9.17, 15) is 9.59 Å². The minimum atomic E-state index is -0.0503. The summed E-state index contributed by atoms with van der Waals surface area (Å²) in [6.45, 7) is 9.06. The number of rotatable bonds is 4. The van der Waals surface area contributed by atoms with E-state index < -0.39 is 0 Å². The predicted octanol–water partition coefficient (Wildman–Crippen LogP) is 4.29. The van der Waals surface area contributed by atoms with Crippen molar-refractivity contribution in [1.29, 1.82) is 0 Å². The molecule has 6 rings (SSSR count). The summed E-state index contributed by atoms with van der Waals surface area (Å²) >= 11 is 1.51. The normalized spacial score (nSPS) is 23.0. The van der Waals surface area contributed by atoms with Gasteiger partial charge in [-0.15, -0.1) is 11.3 Å². The zero-order valence-corrected chi connectivity index (χ0v) is 23.4. The van der Waals surface area contributed by atoms with Crippen LogP contribution < -0.4 is 5.56 Å². The van der Waals surface area contributed by atoms with Gasteiger partial charge in [0.2, 0.25) is 0 Å². The number of fused-ring (bicyclic) bond motifs is 1. The van der Waals surface area contributed by atoms with Crippen LogP contribution in [-0.2, 0) is 4.74 Å². The van der Waals surface area contributed by atoms with Crippen LogP contribution in [0.15, 0.2) is 35.4 Å². The number of hydrogen-bond donors (Lipinski definition) is 0. The monoisotopic (exact) mass is 535 g/mol. The van der Waals surface area contributed by atoms with Crippen LogP contribution in [-0.4, -0.2) is 88.8 Å². The minimum Gasteiger partial charge on any atom is -0.381 e. The van der Waals surface area contributed by atoms with Gasteiger partial charge in [-0.1, -0.05) is 23.8 Å². The molecule has 9 heteroatoms. The average molecular weight is 536 g/mol. The van der Waals surface area contributed by atoms with Crippen LogP contribution in [0, 0.1) is 13.8 Å². The molecule has 1 aromatic carbocycles. The van der Waals surface area contributed by atoms with E-state index in [-0.39, 0.29) is 23.7 Å². The number of likely N-dealkylation sites (tertiary alicyclic amines) is 2. The number of carbonyl (C=O) groups is 1. The molecule has 3 aliphatic rings. The number of benzene rings is 1. The van der Waals surface area contributed by atoms with E-state index in [4.69, 9.17) is 4.74 Å². The predicted molar refractivity (Wildman–Crippen MR) is 151 cm³/mol. The minimum absolute atomic E-state index is 0.00781. The third-order valence-electron chi connectivity index (χ3n) is 8.69. The molecule has 8 nitrogen and oxygen atoms in total. The van der Waals surface area contributed by atoms with Crippen LogP contribution in [0.5, 0.6) is 0 Å². The van der Waals surface area contributed by atoms with Crippen molar-refractivity contribution in [3.8, 4) is 10.4 Å². The lowest BCUT2D eigenvalue weighted by Gasteiger charge is -2.33. The van der Waals surface area contributed by atoms with E-state index in [1.165, 1.54) is 22.5 Å². The molecule has 0 bridgehead atoms. The molecule has 3 saturated heterocycles. The topological polar surface area (TPSA) is 70.9 Å². The maximum Gasteiger partial charge on any atom is 0.320 e. The Labute approximate surface area is 227 Å². The Morgan fingerprint density at radius 3 is 2.66 bits per heavy atom. The summed E-state index contributed by atoms with van der Waals surface area (Å²) < 4.78 is 7.96. The van der Waals surface area contributed by atoms with Gasteiger partial charge in [-0.05, 0) is 56.7 Å². The second-order valence-electron chi connectivity index (χ2n) is 11.2. The molecule has 0 radical (unpaired) electrons. The number of hydrogen-bond acceptors (Lipinski definition) is 6. The Kier molecular flexibility index (Phi) is 7.01. The van der Waals surface area contributed by atoms with Gasteiger partial charge >= 0.3 is 6.03 Å². The molecular formula is C29H37N5O3S. The smallest absolute Gasteiger partial charge is 0.320 e. The van der Waals surface area contributed by atoms with E-state index >= 15 is 0 Å². The fourth-order valence-corrected chi connectivity index (χ4v) is 7.53. The first kappa shape index (κ1) is 25.5. The molecule has 202 valence electrons. The highest BCUT2D eigenvalue weighted by Crippen LogP contribution is 2.34. The Balaban J connectivity index is 1.14. The molecule has 0 unspecified atom stereocenters. The first-order chi connectivity index (χ1) is 18.4. The van der Waals surface area contributed by atoms with Crippen LogP contribution in [0.4, 0.5) is 4.79 Å². The van der Waals surface area contributed by atoms with Crippen molar-refractivity contribution in [3.63, 3.8) is 0 Å². The highest BCUT2D eigenvalue weighted by Gasteiger charge is 2.36. The van der Waals surface area contributed by atoms with Gasteiger partial charge in [-0.3, -0.25) is 14.3 Å². The highest BCUT2D eigenvalue weighted by atomic mass is 32.1. The van der Waals surface area contributed by atoms with Gasteiger partial charge in [-0.25, -0.2) is 9.78 Å². The van der Waals surface area contributed by atoms with Crippen molar-refractivity contribution in [2.45, 2.75) is 57.7 Å². The number of thiophene rings is 1. The van der Waals surface area contributed by atoms with E-state index in [1.807, 2.05) is 22.9 Å². The number of carbonyl (C=O) groups excluding carboxylic acids is 1. The van der Waals surface area contributed by atoms with Crippen molar-refractivity contribution in [2.24, 2.45) is 0 Å². The van der Waals surface area contributed by atoms with Crippen molar-refractivity contribution < 1.29 is 9.53 Å². The van der Waals surface area contributed by atoms with E-state index in [0.717, 1.165) is 67.9 Å². The number of aryl methyl sites for hydroxylation is 2. The van der Waals surface area contributed by atoms with Crippen molar-refractivity contribution >= 4 is 27.6 Å². The maximum absolute atomic E-state index is 13.5. The summed E-state index contributed by atoms with van der Waals surface area (Å²) in [5, 5.41) is 0. The zero-order valence-electron chi connectivity index (χ0n) is 22.6. The summed E-state index contributed by atoms with van der Waals surface area (Å²) in [7, 11) is 1.94. The van der Waals surface area contributed by atoms with Gasteiger partial charge in [-0.2, -0.15) is 0 Å². The molecule has 5 heterocycles. The molecule has 2 atom stereocenters. The van der Waals surface area contributed by atoms with E-state index in [0.29, 0.717) is 23.8 Å². The Morgan fingerprint density at radius 2 is 1.87 bits per heavy atom. The zero-order chi connectivity index (χ0) is 26.4. The maximum atomic E-state index is 13.5. The van der Waals surface area contributed by atoms with Crippen LogP contribution in [0.3, 0.4) is 0 Å². The third kappa shape index (κ3) is 4.76. The van der Waals surface area contributed by atoms with Crippen molar-refractivity contribution in [1.82, 2.24) is 24.3 Å². The second-order valence-corrected chi connectivity index (χ2v) is 12.2. The molecule has 0 N–H and O–H groups in total. The van der Waals surface area contributed by atoms with E-state index in [2.05, 4.69) is 41.9 Å². The molecule has 2 amide bonds. The molecule has 0 spiro atoms. The Hall–Kier alpha value is -2.75. The summed E-state index contributed by atoms with van der Waals surface area (Å²) in [6, 6.07) is 9.25. The van der Waals surface area contributed by atoms with Gasteiger partial charge < -0.3 is 14.5 Å². The average Bonchev–Trinajstić information content (AvgIpc) is 3.68. The Bertz CT molecular complexity index is 1390. The van der Waals surface area contributed by atoms with Crippen LogP contribution in [0.2, 0.25) is 0 Å². The summed E-state index contributed by atoms with van der Waals surface area (Å²) in [5.74, 6) is 0. The first-order valence-electron chi connectivity index (χ1n) is 13.8. The number of ether oxygens (including phenoxy) is 1. The molecule has 3 fully saturated rings. The van der Waals surface area contributed by atoms with Crippen LogP contribution >= 0.6 is 11.3 Å². The Morgan fingerprint density at radius 1 is 1.05 bits per heavy atom. The first-order valence-corrected chi connectivity index (χ1v) is 14.6. The lowest BCUT2D eigenvalue weighted by Crippen LogP contribution is -2.47. The van der Waals surface area contributed by atoms with Gasteiger partial charge in [0.1, 0.15) is 4.70 Å². The number of likely N-dealkylation sites (N-methyl/N-ethyl adjacent to an activating group) is 1. The van der Waals surface area contributed by atoms with Gasteiger partial charge in [0.05, 0.1) is 17.9 Å². The summed E-state index contributed by atoms with van der Waals surface area (Å²) in [6.07, 6.45) is 5.62. The highest BCUT2D eigenvalue weighted by molar-refractivity contribution is 7.22. The second kappa shape index (κ2) is 10.4. The SMILES string of the molecule is Cc1ccc(-c2cc3ncn([C@H]4CCN(C(=O)N(C)[C@H]5CCN(C6CCOCC6)C5)C4)c(=O)c3s2)c(C)c1. The number of nitrogens with zero attached hydrogens (tertiary/aromatic N) is 5. The molecule has 2 aromatic heterocycles. The lowest BCUT2D eigenvalue weighted by molar-refractivity contribution is 0.0402. The number of urea groups is 1. The quantitative estimate of drug-likeness (QED) is 0.498. The third-order valence-corrected chi connectivity index (χ3v) is 9.83. The molecule has 0 saturated carbocycles. The summed E-state index contributed by atoms with van der Waals surface area (Å²) in [4.78, 5) is 39.0. The van der Waals surface area contributed by atoms with Gasteiger partial charge in [0.15, 0.2) is 0 Å². The fraction of sp³-hybridized carbons (Fsp3) is 0.552. The molecule has 0 aliphatic carbocycles. The van der Waals surface area contributed by atoms with Gasteiger partial charge in [0, 0.05) is 63.4 Å². The number of aromatic nitrogens is 2.